The Morgan fingerprint density at radius 3 is 2.75 bits per heavy atom. The van der Waals surface area contributed by atoms with Crippen LogP contribution in [-0.2, 0) is 6.54 Å². The molecule has 0 aliphatic carbocycles. The smallest absolute Gasteiger partial charge is 0.0814 e. The quantitative estimate of drug-likeness (QED) is 0.801. The number of aromatic nitrogens is 2. The molecular weight excluding hydrogens is 226 g/mol. The molecule has 0 spiro atoms. The maximum absolute atomic E-state index is 9.24. The van der Waals surface area contributed by atoms with E-state index in [-0.39, 0.29) is 12.1 Å². The zero-order valence-electron chi connectivity index (χ0n) is 10.1. The number of nitrogens with one attached hydrogen (secondary N) is 1. The van der Waals surface area contributed by atoms with Gasteiger partial charge in [-0.15, -0.1) is 0 Å². The van der Waals surface area contributed by atoms with Crippen LogP contribution < -0.4 is 5.32 Å². The Morgan fingerprint density at radius 2 is 2.31 bits per heavy atom. The van der Waals surface area contributed by atoms with E-state index < -0.39 is 0 Å². The average Bonchev–Trinajstić information content (AvgIpc) is 2.60. The molecule has 5 heteroatoms. The molecule has 16 heavy (non-hydrogen) atoms. The first-order valence-electron chi connectivity index (χ1n) is 5.50. The summed E-state index contributed by atoms with van der Waals surface area (Å²) < 4.78 is 1.90. The predicted octanol–water partition coefficient (Wildman–Crippen LogP) is 1.60. The van der Waals surface area contributed by atoms with E-state index in [2.05, 4.69) is 10.4 Å². The summed E-state index contributed by atoms with van der Waals surface area (Å²) in [6.07, 6.45) is 3.52. The fraction of sp³-hybridized carbons (Fsp3) is 0.727. The van der Waals surface area contributed by atoms with Gasteiger partial charge in [-0.25, -0.2) is 0 Å². The average molecular weight is 246 g/mol. The summed E-state index contributed by atoms with van der Waals surface area (Å²) in [6, 6.07) is 0. The first kappa shape index (κ1) is 13.5. The highest BCUT2D eigenvalue weighted by Gasteiger charge is 2.19. The first-order chi connectivity index (χ1) is 7.52. The highest BCUT2D eigenvalue weighted by molar-refractivity contribution is 6.31. The normalized spacial score (nSPS) is 15.1. The molecule has 0 bridgehead atoms. The van der Waals surface area contributed by atoms with Gasteiger partial charge in [-0.2, -0.15) is 5.10 Å². The van der Waals surface area contributed by atoms with Gasteiger partial charge in [0.1, 0.15) is 0 Å². The molecule has 1 rings (SSSR count). The summed E-state index contributed by atoms with van der Waals surface area (Å²) in [6.45, 7) is 4.94. The predicted molar refractivity (Wildman–Crippen MR) is 65.8 cm³/mol. The molecule has 0 aliphatic heterocycles. The van der Waals surface area contributed by atoms with E-state index in [1.54, 1.807) is 6.20 Å². The zero-order chi connectivity index (χ0) is 12.2. The minimum absolute atomic E-state index is 0.141. The van der Waals surface area contributed by atoms with Crippen LogP contribution in [0.25, 0.3) is 0 Å². The van der Waals surface area contributed by atoms with Crippen LogP contribution in [0, 0.1) is 6.92 Å². The second kappa shape index (κ2) is 5.66. The van der Waals surface area contributed by atoms with Crippen molar-refractivity contribution in [2.45, 2.75) is 38.8 Å². The lowest BCUT2D eigenvalue weighted by molar-refractivity contribution is 0.169. The fourth-order valence-electron chi connectivity index (χ4n) is 1.55. The van der Waals surface area contributed by atoms with E-state index in [1.165, 1.54) is 0 Å². The first-order valence-corrected chi connectivity index (χ1v) is 5.88. The van der Waals surface area contributed by atoms with E-state index >= 15 is 0 Å². The van der Waals surface area contributed by atoms with Gasteiger partial charge in [0.2, 0.25) is 0 Å². The SMILES string of the molecule is CNC(C)(CO)CCCn1ncc(Cl)c1C. The highest BCUT2D eigenvalue weighted by Crippen LogP contribution is 2.16. The molecule has 0 aromatic carbocycles. The van der Waals surface area contributed by atoms with Crippen LogP contribution in [0.1, 0.15) is 25.5 Å². The van der Waals surface area contributed by atoms with Crippen molar-refractivity contribution >= 4 is 11.6 Å². The molecule has 0 aliphatic rings. The number of nitrogens with zero attached hydrogens (tertiary/aromatic N) is 2. The standard InChI is InChI=1S/C11H20ClN3O/c1-9-10(12)7-14-15(9)6-4-5-11(2,8-16)13-3/h7,13,16H,4-6,8H2,1-3H3. The summed E-state index contributed by atoms with van der Waals surface area (Å²) in [5.74, 6) is 0. The lowest BCUT2D eigenvalue weighted by Gasteiger charge is -2.26. The fourth-order valence-corrected chi connectivity index (χ4v) is 1.69. The second-order valence-electron chi connectivity index (χ2n) is 4.37. The van der Waals surface area contributed by atoms with Gasteiger partial charge < -0.3 is 10.4 Å². The molecule has 1 atom stereocenters. The van der Waals surface area contributed by atoms with Gasteiger partial charge in [-0.1, -0.05) is 11.6 Å². The van der Waals surface area contributed by atoms with Crippen molar-refractivity contribution < 1.29 is 5.11 Å². The molecule has 1 heterocycles. The van der Waals surface area contributed by atoms with Crippen molar-refractivity contribution in [3.05, 3.63) is 16.9 Å². The summed E-state index contributed by atoms with van der Waals surface area (Å²) in [5.41, 5.74) is 0.794. The monoisotopic (exact) mass is 245 g/mol. The highest BCUT2D eigenvalue weighted by atomic mass is 35.5. The van der Waals surface area contributed by atoms with E-state index in [1.807, 2.05) is 25.6 Å². The van der Waals surface area contributed by atoms with Crippen LogP contribution in [0.15, 0.2) is 6.20 Å². The van der Waals surface area contributed by atoms with Crippen LogP contribution in [0.3, 0.4) is 0 Å². The van der Waals surface area contributed by atoms with Crippen LogP contribution in [-0.4, -0.2) is 34.1 Å². The Balaban J connectivity index is 2.44. The number of aliphatic hydroxyl groups excluding tert-OH is 1. The number of aryl methyl sites for hydroxylation is 1. The molecule has 92 valence electrons. The lowest BCUT2D eigenvalue weighted by atomic mass is 9.97. The van der Waals surface area contributed by atoms with Crippen molar-refractivity contribution in [1.29, 1.82) is 0 Å². The Bertz CT molecular complexity index is 334. The summed E-state index contributed by atoms with van der Waals surface area (Å²) in [5, 5.41) is 17.3. The van der Waals surface area contributed by atoms with Crippen molar-refractivity contribution in [2.75, 3.05) is 13.7 Å². The number of aliphatic hydroxyl groups is 1. The minimum Gasteiger partial charge on any atom is -0.394 e. The van der Waals surface area contributed by atoms with Gasteiger partial charge in [-0.05, 0) is 33.7 Å². The van der Waals surface area contributed by atoms with Crippen molar-refractivity contribution in [3.63, 3.8) is 0 Å². The summed E-state index contributed by atoms with van der Waals surface area (Å²) in [7, 11) is 1.87. The largest absolute Gasteiger partial charge is 0.394 e. The van der Waals surface area contributed by atoms with Crippen molar-refractivity contribution in [3.8, 4) is 0 Å². The molecule has 1 aromatic rings. The molecule has 0 saturated carbocycles. The topological polar surface area (TPSA) is 50.1 Å². The third kappa shape index (κ3) is 3.20. The second-order valence-corrected chi connectivity index (χ2v) is 4.78. The molecule has 0 amide bonds. The summed E-state index contributed by atoms with van der Waals surface area (Å²) in [4.78, 5) is 0. The third-order valence-electron chi connectivity index (χ3n) is 3.09. The maximum Gasteiger partial charge on any atom is 0.0814 e. The van der Waals surface area contributed by atoms with Gasteiger partial charge in [0.15, 0.2) is 0 Å². The Labute approximate surface area is 102 Å². The van der Waals surface area contributed by atoms with Crippen LogP contribution in [0.5, 0.6) is 0 Å². The Morgan fingerprint density at radius 1 is 1.62 bits per heavy atom. The zero-order valence-corrected chi connectivity index (χ0v) is 10.9. The van der Waals surface area contributed by atoms with Gasteiger partial charge in [-0.3, -0.25) is 4.68 Å². The number of rotatable bonds is 6. The minimum atomic E-state index is -0.204. The number of hydrogen-bond donors (Lipinski definition) is 2. The van der Waals surface area contributed by atoms with E-state index in [0.717, 1.165) is 25.1 Å². The van der Waals surface area contributed by atoms with Gasteiger partial charge >= 0.3 is 0 Å². The number of hydrogen-bond acceptors (Lipinski definition) is 3. The number of likely N-dealkylation sites (N-methyl/N-ethyl adjacent to an activating group) is 1. The molecule has 4 nitrogen and oxygen atoms in total. The maximum atomic E-state index is 9.24. The van der Waals surface area contributed by atoms with Gasteiger partial charge in [0, 0.05) is 12.1 Å². The van der Waals surface area contributed by atoms with Crippen LogP contribution in [0.4, 0.5) is 0 Å². The molecule has 0 radical (unpaired) electrons. The molecule has 1 unspecified atom stereocenters. The molecular formula is C11H20ClN3O. The van der Waals surface area contributed by atoms with Gasteiger partial charge in [0.05, 0.1) is 23.5 Å². The van der Waals surface area contributed by atoms with Crippen molar-refractivity contribution in [2.24, 2.45) is 0 Å². The molecule has 1 aromatic heterocycles. The van der Waals surface area contributed by atoms with E-state index in [0.29, 0.717) is 5.02 Å². The van der Waals surface area contributed by atoms with Crippen molar-refractivity contribution in [1.82, 2.24) is 15.1 Å². The number of halogens is 1. The van der Waals surface area contributed by atoms with E-state index in [9.17, 15) is 5.11 Å². The Hall–Kier alpha value is -0.580. The van der Waals surface area contributed by atoms with Crippen LogP contribution in [0.2, 0.25) is 5.02 Å². The third-order valence-corrected chi connectivity index (χ3v) is 3.47. The van der Waals surface area contributed by atoms with Gasteiger partial charge in [0.25, 0.3) is 0 Å². The molecule has 0 fully saturated rings. The Kier molecular flexibility index (Phi) is 4.77. The summed E-state index contributed by atoms with van der Waals surface area (Å²) >= 11 is 5.92. The van der Waals surface area contributed by atoms with E-state index in [4.69, 9.17) is 11.6 Å². The van der Waals surface area contributed by atoms with Crippen LogP contribution >= 0.6 is 11.6 Å². The molecule has 2 N–H and O–H groups in total. The lowest BCUT2D eigenvalue weighted by Crippen LogP contribution is -2.43. The molecule has 0 saturated heterocycles.